The lowest BCUT2D eigenvalue weighted by molar-refractivity contribution is 0.418. The summed E-state index contributed by atoms with van der Waals surface area (Å²) in [5.74, 6) is 1.36. The molecule has 0 atom stereocenters. The lowest BCUT2D eigenvalue weighted by Gasteiger charge is -1.82. The number of aromatic nitrogens is 1. The molecular formula is C7H5NO2. The molecule has 2 heterocycles. The highest BCUT2D eigenvalue weighted by molar-refractivity contribution is 5.47. The van der Waals surface area contributed by atoms with E-state index in [2.05, 4.69) is 5.16 Å². The highest BCUT2D eigenvalue weighted by atomic mass is 16.5. The molecule has 10 heavy (non-hydrogen) atoms. The maximum absolute atomic E-state index is 5.04. The van der Waals surface area contributed by atoms with Crippen molar-refractivity contribution >= 4 is 0 Å². The molecule has 0 aromatic carbocycles. The first-order valence-electron chi connectivity index (χ1n) is 2.91. The van der Waals surface area contributed by atoms with E-state index in [1.165, 1.54) is 0 Å². The summed E-state index contributed by atoms with van der Waals surface area (Å²) in [7, 11) is 0. The van der Waals surface area contributed by atoms with Crippen LogP contribution in [0.2, 0.25) is 0 Å². The molecule has 0 spiro atoms. The van der Waals surface area contributed by atoms with E-state index in [1.807, 2.05) is 6.07 Å². The molecule has 0 aliphatic rings. The average molecular weight is 135 g/mol. The van der Waals surface area contributed by atoms with Crippen molar-refractivity contribution in [1.82, 2.24) is 5.16 Å². The van der Waals surface area contributed by atoms with E-state index in [4.69, 9.17) is 8.94 Å². The second kappa shape index (κ2) is 2.02. The number of furan rings is 1. The summed E-state index contributed by atoms with van der Waals surface area (Å²) in [5, 5.41) is 3.54. The van der Waals surface area contributed by atoms with Gasteiger partial charge < -0.3 is 8.94 Å². The Morgan fingerprint density at radius 2 is 2.20 bits per heavy atom. The van der Waals surface area contributed by atoms with Crippen LogP contribution in [0.5, 0.6) is 0 Å². The Morgan fingerprint density at radius 1 is 1.20 bits per heavy atom. The van der Waals surface area contributed by atoms with Crippen LogP contribution in [0.15, 0.2) is 39.6 Å². The van der Waals surface area contributed by atoms with Crippen molar-refractivity contribution in [3.8, 4) is 11.5 Å². The lowest BCUT2D eigenvalue weighted by atomic mass is 10.4. The zero-order chi connectivity index (χ0) is 6.81. The smallest absolute Gasteiger partial charge is 0.202 e. The molecular weight excluding hydrogens is 130 g/mol. The monoisotopic (exact) mass is 135 g/mol. The molecule has 3 heteroatoms. The van der Waals surface area contributed by atoms with Crippen LogP contribution in [0.3, 0.4) is 0 Å². The van der Waals surface area contributed by atoms with Crippen molar-refractivity contribution in [1.29, 1.82) is 0 Å². The fourth-order valence-corrected chi connectivity index (χ4v) is 0.762. The Bertz CT molecular complexity index is 251. The molecule has 2 aromatic rings. The minimum Gasteiger partial charge on any atom is -0.461 e. The number of rotatable bonds is 1. The summed E-state index contributed by atoms with van der Waals surface area (Å²) in [4.78, 5) is 0. The summed E-state index contributed by atoms with van der Waals surface area (Å²) in [5.41, 5.74) is 0. The third kappa shape index (κ3) is 0.719. The minimum atomic E-state index is 0.657. The molecule has 0 aliphatic carbocycles. The van der Waals surface area contributed by atoms with Gasteiger partial charge in [0.15, 0.2) is 5.76 Å². The zero-order valence-electron chi connectivity index (χ0n) is 5.15. The summed E-state index contributed by atoms with van der Waals surface area (Å²) >= 11 is 0. The predicted octanol–water partition coefficient (Wildman–Crippen LogP) is 1.93. The van der Waals surface area contributed by atoms with Crippen molar-refractivity contribution in [2.45, 2.75) is 0 Å². The third-order valence-corrected chi connectivity index (χ3v) is 1.20. The van der Waals surface area contributed by atoms with Gasteiger partial charge in [0.25, 0.3) is 0 Å². The maximum Gasteiger partial charge on any atom is 0.202 e. The quantitative estimate of drug-likeness (QED) is 0.599. The second-order valence-corrected chi connectivity index (χ2v) is 1.85. The van der Waals surface area contributed by atoms with E-state index in [1.54, 1.807) is 24.6 Å². The van der Waals surface area contributed by atoms with Gasteiger partial charge in [0.1, 0.15) is 0 Å². The summed E-state index contributed by atoms with van der Waals surface area (Å²) in [6.07, 6.45) is 3.18. The molecule has 0 amide bonds. The first kappa shape index (κ1) is 5.29. The molecule has 0 radical (unpaired) electrons. The predicted molar refractivity (Wildman–Crippen MR) is 34.2 cm³/mol. The van der Waals surface area contributed by atoms with Crippen LogP contribution in [0, 0.1) is 0 Å². The summed E-state index contributed by atoms with van der Waals surface area (Å²) in [6, 6.07) is 5.37. The molecule has 0 aliphatic heterocycles. The highest BCUT2D eigenvalue weighted by Gasteiger charge is 2.01. The van der Waals surface area contributed by atoms with Gasteiger partial charge in [-0.25, -0.2) is 0 Å². The summed E-state index contributed by atoms with van der Waals surface area (Å²) in [6.45, 7) is 0. The molecule has 0 bridgehead atoms. The SMILES string of the molecule is c1coc(-c2ccno2)c1. The van der Waals surface area contributed by atoms with Crippen LogP contribution in [0.1, 0.15) is 0 Å². The van der Waals surface area contributed by atoms with Gasteiger partial charge >= 0.3 is 0 Å². The molecule has 0 fully saturated rings. The van der Waals surface area contributed by atoms with Gasteiger partial charge in [-0.2, -0.15) is 0 Å². The molecule has 50 valence electrons. The number of hydrogen-bond acceptors (Lipinski definition) is 3. The number of hydrogen-bond donors (Lipinski definition) is 0. The Labute approximate surface area is 57.2 Å². The van der Waals surface area contributed by atoms with E-state index in [9.17, 15) is 0 Å². The van der Waals surface area contributed by atoms with E-state index in [-0.39, 0.29) is 0 Å². The third-order valence-electron chi connectivity index (χ3n) is 1.20. The van der Waals surface area contributed by atoms with Crippen LogP contribution in [-0.2, 0) is 0 Å². The Balaban J connectivity index is 2.48. The van der Waals surface area contributed by atoms with Crippen LogP contribution in [0.4, 0.5) is 0 Å². The summed E-state index contributed by atoms with van der Waals surface area (Å²) < 4.78 is 9.88. The van der Waals surface area contributed by atoms with Crippen molar-refractivity contribution in [3.05, 3.63) is 30.7 Å². The van der Waals surface area contributed by atoms with Crippen LogP contribution >= 0.6 is 0 Å². The van der Waals surface area contributed by atoms with Gasteiger partial charge in [0.2, 0.25) is 5.76 Å². The van der Waals surface area contributed by atoms with Crippen LogP contribution in [-0.4, -0.2) is 5.16 Å². The minimum absolute atomic E-state index is 0.657. The second-order valence-electron chi connectivity index (χ2n) is 1.85. The van der Waals surface area contributed by atoms with Gasteiger partial charge in [0.05, 0.1) is 12.5 Å². The van der Waals surface area contributed by atoms with Gasteiger partial charge in [-0.05, 0) is 12.1 Å². The van der Waals surface area contributed by atoms with E-state index in [0.29, 0.717) is 11.5 Å². The van der Waals surface area contributed by atoms with Gasteiger partial charge in [-0.3, -0.25) is 0 Å². The standard InChI is InChI=1S/C7H5NO2/c1-2-6(9-5-1)7-3-4-8-10-7/h1-5H. The normalized spacial score (nSPS) is 10.0. The maximum atomic E-state index is 5.04. The van der Waals surface area contributed by atoms with E-state index < -0.39 is 0 Å². The topological polar surface area (TPSA) is 39.2 Å². The Morgan fingerprint density at radius 3 is 2.80 bits per heavy atom. The van der Waals surface area contributed by atoms with Gasteiger partial charge in [-0.1, -0.05) is 5.16 Å². The first-order chi connectivity index (χ1) is 4.97. The van der Waals surface area contributed by atoms with E-state index >= 15 is 0 Å². The van der Waals surface area contributed by atoms with Crippen LogP contribution in [0.25, 0.3) is 11.5 Å². The molecule has 0 unspecified atom stereocenters. The number of nitrogens with zero attached hydrogens (tertiary/aromatic N) is 1. The highest BCUT2D eigenvalue weighted by Crippen LogP contribution is 2.17. The molecule has 0 saturated carbocycles. The fourth-order valence-electron chi connectivity index (χ4n) is 0.762. The van der Waals surface area contributed by atoms with Gasteiger partial charge in [-0.15, -0.1) is 0 Å². The molecule has 3 nitrogen and oxygen atoms in total. The Hall–Kier alpha value is -1.51. The zero-order valence-corrected chi connectivity index (χ0v) is 5.15. The first-order valence-corrected chi connectivity index (χ1v) is 2.91. The molecule has 0 saturated heterocycles. The molecule has 2 aromatic heterocycles. The molecule has 0 N–H and O–H groups in total. The lowest BCUT2D eigenvalue weighted by Crippen LogP contribution is -1.62. The fraction of sp³-hybridized carbons (Fsp3) is 0. The Kier molecular flexibility index (Phi) is 1.07. The average Bonchev–Trinajstić information content (AvgIpc) is 2.59. The van der Waals surface area contributed by atoms with Crippen molar-refractivity contribution in [3.63, 3.8) is 0 Å². The van der Waals surface area contributed by atoms with E-state index in [0.717, 1.165) is 0 Å². The largest absolute Gasteiger partial charge is 0.461 e. The van der Waals surface area contributed by atoms with Crippen molar-refractivity contribution < 1.29 is 8.94 Å². The van der Waals surface area contributed by atoms with Crippen molar-refractivity contribution in [2.75, 3.05) is 0 Å². The van der Waals surface area contributed by atoms with Gasteiger partial charge in [0, 0.05) is 6.07 Å². The van der Waals surface area contributed by atoms with Crippen LogP contribution < -0.4 is 0 Å². The van der Waals surface area contributed by atoms with Crippen molar-refractivity contribution in [2.24, 2.45) is 0 Å². The molecule has 2 rings (SSSR count).